The zero-order chi connectivity index (χ0) is 17.7. The third-order valence-electron chi connectivity index (χ3n) is 3.22. The lowest BCUT2D eigenvalue weighted by molar-refractivity contribution is -0.385. The number of nitro groups is 1. The third kappa shape index (κ3) is 5.46. The van der Waals surface area contributed by atoms with Crippen LogP contribution in [0.25, 0.3) is 0 Å². The van der Waals surface area contributed by atoms with Gasteiger partial charge in [0.15, 0.2) is 11.5 Å². The molecule has 1 atom stereocenters. The first-order valence-corrected chi connectivity index (χ1v) is 6.40. The molecule has 136 valence electrons. The Hall–Kier alpha value is -2.20. The molecule has 11 heteroatoms. The standard InChI is InChI=1S/C13H16F2N2O6.ClH/c1-7(12(18)19)16(2)6-8-4-10(22-3)11(23-13(14)15)5-9(8)17(20)21;/h4-5,7,13H,6H2,1-3H3,(H,18,19);1H. The molecule has 0 spiro atoms. The van der Waals surface area contributed by atoms with Gasteiger partial charge in [-0.1, -0.05) is 0 Å². The van der Waals surface area contributed by atoms with Crippen molar-refractivity contribution in [2.75, 3.05) is 14.2 Å². The fraction of sp³-hybridized carbons (Fsp3) is 0.462. The Bertz CT molecular complexity index is 602. The highest BCUT2D eigenvalue weighted by Crippen LogP contribution is 2.36. The van der Waals surface area contributed by atoms with Gasteiger partial charge in [0.2, 0.25) is 0 Å². The van der Waals surface area contributed by atoms with E-state index in [4.69, 9.17) is 9.84 Å². The van der Waals surface area contributed by atoms with E-state index in [9.17, 15) is 23.7 Å². The van der Waals surface area contributed by atoms with E-state index in [0.717, 1.165) is 6.07 Å². The number of carboxylic acids is 1. The molecular weight excluding hydrogens is 354 g/mol. The number of likely N-dealkylation sites (N-methyl/N-ethyl adjacent to an activating group) is 1. The second-order valence-electron chi connectivity index (χ2n) is 4.70. The van der Waals surface area contributed by atoms with Crippen LogP contribution < -0.4 is 9.47 Å². The molecule has 24 heavy (non-hydrogen) atoms. The molecule has 0 aromatic heterocycles. The molecule has 1 aromatic carbocycles. The summed E-state index contributed by atoms with van der Waals surface area (Å²) in [4.78, 5) is 22.7. The summed E-state index contributed by atoms with van der Waals surface area (Å²) in [5.41, 5.74) is -0.352. The summed E-state index contributed by atoms with van der Waals surface area (Å²) < 4.78 is 33.8. The van der Waals surface area contributed by atoms with Gasteiger partial charge in [0.1, 0.15) is 6.04 Å². The second kappa shape index (κ2) is 9.18. The molecule has 1 N–H and O–H groups in total. The third-order valence-corrected chi connectivity index (χ3v) is 3.22. The average molecular weight is 371 g/mol. The Balaban J connectivity index is 0.00000529. The summed E-state index contributed by atoms with van der Waals surface area (Å²) in [5, 5.41) is 20.1. The smallest absolute Gasteiger partial charge is 0.387 e. The monoisotopic (exact) mass is 370 g/mol. The van der Waals surface area contributed by atoms with Crippen molar-refractivity contribution in [2.24, 2.45) is 0 Å². The summed E-state index contributed by atoms with van der Waals surface area (Å²) in [6, 6.07) is 1.12. The first kappa shape index (κ1) is 21.8. The van der Waals surface area contributed by atoms with E-state index in [2.05, 4.69) is 4.74 Å². The van der Waals surface area contributed by atoms with Gasteiger partial charge >= 0.3 is 12.6 Å². The van der Waals surface area contributed by atoms with Crippen LogP contribution in [-0.2, 0) is 11.3 Å². The molecule has 0 amide bonds. The number of hydrogen-bond donors (Lipinski definition) is 1. The molecule has 0 bridgehead atoms. The molecule has 1 unspecified atom stereocenters. The first-order valence-electron chi connectivity index (χ1n) is 6.40. The summed E-state index contributed by atoms with van der Waals surface area (Å²) in [6.45, 7) is -1.83. The zero-order valence-electron chi connectivity index (χ0n) is 13.1. The van der Waals surface area contributed by atoms with Gasteiger partial charge < -0.3 is 14.6 Å². The van der Waals surface area contributed by atoms with E-state index in [-0.39, 0.29) is 30.3 Å². The predicted molar refractivity (Wildman–Crippen MR) is 82.1 cm³/mol. The minimum atomic E-state index is -3.16. The molecule has 0 saturated heterocycles. The van der Waals surface area contributed by atoms with Crippen LogP contribution in [0, 0.1) is 10.1 Å². The lowest BCUT2D eigenvalue weighted by Gasteiger charge is -2.21. The summed E-state index contributed by atoms with van der Waals surface area (Å²) in [6.07, 6.45) is 0. The van der Waals surface area contributed by atoms with Crippen LogP contribution in [0.1, 0.15) is 12.5 Å². The second-order valence-corrected chi connectivity index (χ2v) is 4.70. The quantitative estimate of drug-likeness (QED) is 0.554. The molecule has 1 rings (SSSR count). The largest absolute Gasteiger partial charge is 0.493 e. The summed E-state index contributed by atoms with van der Waals surface area (Å²) in [7, 11) is 2.67. The average Bonchev–Trinajstić information content (AvgIpc) is 2.46. The first-order chi connectivity index (χ1) is 10.7. The van der Waals surface area contributed by atoms with Crippen molar-refractivity contribution >= 4 is 24.1 Å². The maximum absolute atomic E-state index is 12.4. The van der Waals surface area contributed by atoms with Gasteiger partial charge in [-0.05, 0) is 20.0 Å². The van der Waals surface area contributed by atoms with Crippen molar-refractivity contribution in [3.63, 3.8) is 0 Å². The van der Waals surface area contributed by atoms with E-state index >= 15 is 0 Å². The molecule has 0 heterocycles. The lowest BCUT2D eigenvalue weighted by atomic mass is 10.1. The Kier molecular flexibility index (Phi) is 8.34. The number of carbonyl (C=O) groups is 1. The molecule has 1 aromatic rings. The van der Waals surface area contributed by atoms with E-state index in [1.54, 1.807) is 0 Å². The van der Waals surface area contributed by atoms with Crippen LogP contribution in [0.5, 0.6) is 11.5 Å². The van der Waals surface area contributed by atoms with Crippen molar-refractivity contribution in [1.82, 2.24) is 4.90 Å². The Morgan fingerprint density at radius 3 is 2.42 bits per heavy atom. The molecule has 8 nitrogen and oxygen atoms in total. The van der Waals surface area contributed by atoms with Gasteiger partial charge in [-0.3, -0.25) is 19.8 Å². The number of benzene rings is 1. The maximum Gasteiger partial charge on any atom is 0.387 e. The molecule has 0 aliphatic heterocycles. The highest BCUT2D eigenvalue weighted by Gasteiger charge is 2.25. The normalized spacial score (nSPS) is 11.8. The zero-order valence-corrected chi connectivity index (χ0v) is 13.9. The van der Waals surface area contributed by atoms with Crippen molar-refractivity contribution in [1.29, 1.82) is 0 Å². The maximum atomic E-state index is 12.4. The Labute approximate surface area is 142 Å². The summed E-state index contributed by atoms with van der Waals surface area (Å²) >= 11 is 0. The Morgan fingerprint density at radius 1 is 1.42 bits per heavy atom. The minimum Gasteiger partial charge on any atom is -0.493 e. The van der Waals surface area contributed by atoms with E-state index in [1.807, 2.05) is 0 Å². The number of methoxy groups -OCH3 is 1. The van der Waals surface area contributed by atoms with E-state index < -0.39 is 35.0 Å². The van der Waals surface area contributed by atoms with Crippen molar-refractivity contribution < 1.29 is 33.1 Å². The van der Waals surface area contributed by atoms with Crippen LogP contribution in [0.3, 0.4) is 0 Å². The van der Waals surface area contributed by atoms with Gasteiger partial charge in [0, 0.05) is 12.1 Å². The lowest BCUT2D eigenvalue weighted by Crippen LogP contribution is -2.35. The van der Waals surface area contributed by atoms with Gasteiger partial charge in [-0.15, -0.1) is 12.4 Å². The number of nitrogens with zero attached hydrogens (tertiary/aromatic N) is 2. The number of nitro benzene ring substituents is 1. The SMILES string of the molecule is COc1cc(CN(C)C(C)C(=O)O)c([N+](=O)[O-])cc1OC(F)F.Cl. The van der Waals surface area contributed by atoms with Gasteiger partial charge in [0.05, 0.1) is 18.1 Å². The summed E-state index contributed by atoms with van der Waals surface area (Å²) in [5.74, 6) is -1.67. The molecular formula is C13H17ClF2N2O6. The number of hydrogen-bond acceptors (Lipinski definition) is 6. The van der Waals surface area contributed by atoms with Gasteiger partial charge in [0.25, 0.3) is 5.69 Å². The van der Waals surface area contributed by atoms with Crippen LogP contribution >= 0.6 is 12.4 Å². The van der Waals surface area contributed by atoms with Gasteiger partial charge in [-0.25, -0.2) is 0 Å². The topological polar surface area (TPSA) is 102 Å². The van der Waals surface area contributed by atoms with E-state index in [0.29, 0.717) is 0 Å². The van der Waals surface area contributed by atoms with Crippen LogP contribution in [0.2, 0.25) is 0 Å². The number of ether oxygens (including phenoxy) is 2. The highest BCUT2D eigenvalue weighted by molar-refractivity contribution is 5.85. The molecule has 0 saturated carbocycles. The van der Waals surface area contributed by atoms with Crippen molar-refractivity contribution in [3.8, 4) is 11.5 Å². The van der Waals surface area contributed by atoms with Crippen molar-refractivity contribution in [2.45, 2.75) is 26.1 Å². The molecule has 0 aliphatic carbocycles. The fourth-order valence-electron chi connectivity index (χ4n) is 1.83. The number of aliphatic carboxylic acids is 1. The Morgan fingerprint density at radius 2 is 2.00 bits per heavy atom. The number of carboxylic acid groups (broad SMARTS) is 1. The molecule has 0 radical (unpaired) electrons. The number of halogens is 3. The number of alkyl halides is 2. The predicted octanol–water partition coefficient (Wildman–Crippen LogP) is 2.53. The van der Waals surface area contributed by atoms with Crippen LogP contribution in [0.4, 0.5) is 14.5 Å². The van der Waals surface area contributed by atoms with E-state index in [1.165, 1.54) is 32.0 Å². The highest BCUT2D eigenvalue weighted by atomic mass is 35.5. The molecule has 0 fully saturated rings. The van der Waals surface area contributed by atoms with Gasteiger partial charge in [-0.2, -0.15) is 8.78 Å². The molecule has 0 aliphatic rings. The fourth-order valence-corrected chi connectivity index (χ4v) is 1.83. The van der Waals surface area contributed by atoms with Crippen molar-refractivity contribution in [3.05, 3.63) is 27.8 Å². The van der Waals surface area contributed by atoms with Crippen LogP contribution in [0.15, 0.2) is 12.1 Å². The minimum absolute atomic E-state index is 0. The van der Waals surface area contributed by atoms with Crippen LogP contribution in [-0.4, -0.2) is 47.7 Å². The number of rotatable bonds is 8.